The Morgan fingerprint density at radius 1 is 0.967 bits per heavy atom. The summed E-state index contributed by atoms with van der Waals surface area (Å²) in [5, 5.41) is 10.1. The average molecular weight is 417 g/mol. The van der Waals surface area contributed by atoms with Crippen LogP contribution in [-0.4, -0.2) is 29.4 Å². The maximum absolute atomic E-state index is 11.5. The van der Waals surface area contributed by atoms with Gasteiger partial charge in [-0.05, 0) is 78.2 Å². The fourth-order valence-electron chi connectivity index (χ4n) is 3.26. The highest BCUT2D eigenvalue weighted by atomic mass is 16.6. The molecule has 30 heavy (non-hydrogen) atoms. The highest BCUT2D eigenvalue weighted by Crippen LogP contribution is 2.22. The summed E-state index contributed by atoms with van der Waals surface area (Å²) in [6.07, 6.45) is 13.7. The zero-order chi connectivity index (χ0) is 22.5. The summed E-state index contributed by atoms with van der Waals surface area (Å²) in [6, 6.07) is 0. The topological polar surface area (TPSA) is 80.7 Å². The van der Waals surface area contributed by atoms with Crippen molar-refractivity contribution in [3.05, 3.63) is 46.6 Å². The summed E-state index contributed by atoms with van der Waals surface area (Å²) >= 11 is 0. The molecule has 1 rings (SSSR count). The normalized spacial score (nSPS) is 19.0. The lowest BCUT2D eigenvalue weighted by molar-refractivity contribution is -0.154. The highest BCUT2D eigenvalue weighted by molar-refractivity contribution is 5.94. The molecule has 166 valence electrons. The maximum atomic E-state index is 11.5. The number of cyclic esters (lactones) is 2. The van der Waals surface area contributed by atoms with E-state index in [1.54, 1.807) is 6.08 Å². The number of aliphatic hydroxyl groups excluding tert-OH is 1. The van der Waals surface area contributed by atoms with Crippen LogP contribution in [0.5, 0.6) is 0 Å². The molecular formula is C25H36O5. The lowest BCUT2D eigenvalue weighted by atomic mass is 9.96. The van der Waals surface area contributed by atoms with Gasteiger partial charge < -0.3 is 9.84 Å². The molecule has 5 heteroatoms. The molecule has 0 aliphatic carbocycles. The summed E-state index contributed by atoms with van der Waals surface area (Å²) < 4.78 is 4.45. The van der Waals surface area contributed by atoms with E-state index < -0.39 is 24.0 Å². The number of carbonyl (C=O) groups is 3. The molecule has 5 nitrogen and oxygen atoms in total. The van der Waals surface area contributed by atoms with Gasteiger partial charge in [0.15, 0.2) is 0 Å². The number of rotatable bonds is 13. The first-order valence-electron chi connectivity index (χ1n) is 10.7. The minimum Gasteiger partial charge on any atom is -0.393 e. The molecule has 1 heterocycles. The fraction of sp³-hybridized carbons (Fsp3) is 0.560. The number of allylic oxidation sites excluding steroid dienone is 7. The first kappa shape index (κ1) is 25.8. The first-order valence-corrected chi connectivity index (χ1v) is 10.7. The molecule has 1 fully saturated rings. The standard InChI is InChI=1S/C25H36O5/c1-18(2)8-5-9-19(3)10-6-11-20(4)12-7-13-21(17-26)14-15-23(27)22-16-24(28)30-25(22)29/h8,10,12,14,17,22-23,27H,5-7,9,11,13,15-16H2,1-4H3/b19-10+,20-12+,21-14+/t22-,23+/m0/s1. The van der Waals surface area contributed by atoms with E-state index >= 15 is 0 Å². The van der Waals surface area contributed by atoms with Crippen LogP contribution < -0.4 is 0 Å². The maximum Gasteiger partial charge on any atom is 0.319 e. The van der Waals surface area contributed by atoms with E-state index in [0.717, 1.165) is 38.4 Å². The molecule has 0 aromatic rings. The molecule has 0 amide bonds. The second-order valence-electron chi connectivity index (χ2n) is 8.30. The van der Waals surface area contributed by atoms with Crippen LogP contribution in [0.3, 0.4) is 0 Å². The van der Waals surface area contributed by atoms with Crippen molar-refractivity contribution in [3.8, 4) is 0 Å². The minimum absolute atomic E-state index is 0.102. The van der Waals surface area contributed by atoms with Gasteiger partial charge in [0.05, 0.1) is 18.4 Å². The summed E-state index contributed by atoms with van der Waals surface area (Å²) in [5.41, 5.74) is 4.65. The van der Waals surface area contributed by atoms with Crippen LogP contribution in [0.25, 0.3) is 0 Å². The molecule has 1 N–H and O–H groups in total. The van der Waals surface area contributed by atoms with Crippen molar-refractivity contribution >= 4 is 18.2 Å². The number of aldehydes is 1. The fourth-order valence-corrected chi connectivity index (χ4v) is 3.26. The number of ether oxygens (including phenoxy) is 1. The molecule has 1 aliphatic rings. The monoisotopic (exact) mass is 416 g/mol. The zero-order valence-corrected chi connectivity index (χ0v) is 18.8. The Labute approximate surface area is 180 Å². The number of esters is 2. The number of carbonyl (C=O) groups excluding carboxylic acids is 3. The second kappa shape index (κ2) is 13.9. The smallest absolute Gasteiger partial charge is 0.319 e. The predicted molar refractivity (Wildman–Crippen MR) is 119 cm³/mol. The SMILES string of the molecule is CC(C)=CCC/C(C)=C/CC/C(C)=C/CC/C(C=O)=C\C[C@@H](O)[C@@H]1CC(=O)OC1=O. The van der Waals surface area contributed by atoms with Crippen LogP contribution >= 0.6 is 0 Å². The number of hydrogen-bond acceptors (Lipinski definition) is 5. The largest absolute Gasteiger partial charge is 0.393 e. The van der Waals surface area contributed by atoms with Gasteiger partial charge in [0.25, 0.3) is 0 Å². The summed E-state index contributed by atoms with van der Waals surface area (Å²) in [5.74, 6) is -2.13. The van der Waals surface area contributed by atoms with Gasteiger partial charge in [-0.2, -0.15) is 0 Å². The molecule has 2 atom stereocenters. The minimum atomic E-state index is -1.01. The quantitative estimate of drug-likeness (QED) is 0.148. The molecule has 1 saturated heterocycles. The molecular weight excluding hydrogens is 380 g/mol. The van der Waals surface area contributed by atoms with Crippen LogP contribution in [0, 0.1) is 5.92 Å². The Morgan fingerprint density at radius 3 is 2.03 bits per heavy atom. The highest BCUT2D eigenvalue weighted by Gasteiger charge is 2.38. The molecule has 0 spiro atoms. The first-order chi connectivity index (χ1) is 14.2. The van der Waals surface area contributed by atoms with Crippen molar-refractivity contribution in [1.29, 1.82) is 0 Å². The van der Waals surface area contributed by atoms with Crippen LogP contribution in [0.1, 0.15) is 79.1 Å². The third kappa shape index (κ3) is 10.5. The van der Waals surface area contributed by atoms with Crippen LogP contribution in [0.15, 0.2) is 46.6 Å². The zero-order valence-electron chi connectivity index (χ0n) is 18.8. The molecule has 0 unspecified atom stereocenters. The number of hydrogen-bond donors (Lipinski definition) is 1. The van der Waals surface area contributed by atoms with Crippen molar-refractivity contribution < 1.29 is 24.2 Å². The summed E-state index contributed by atoms with van der Waals surface area (Å²) in [6.45, 7) is 8.51. The van der Waals surface area contributed by atoms with E-state index in [1.807, 2.05) is 0 Å². The van der Waals surface area contributed by atoms with Crippen LogP contribution in [-0.2, 0) is 19.1 Å². The molecule has 0 radical (unpaired) electrons. The predicted octanol–water partition coefficient (Wildman–Crippen LogP) is 5.15. The van der Waals surface area contributed by atoms with E-state index in [1.165, 1.54) is 16.7 Å². The second-order valence-corrected chi connectivity index (χ2v) is 8.30. The van der Waals surface area contributed by atoms with Crippen molar-refractivity contribution in [2.75, 3.05) is 0 Å². The molecule has 0 bridgehead atoms. The molecule has 0 saturated carbocycles. The van der Waals surface area contributed by atoms with Gasteiger partial charge in [0.1, 0.15) is 6.29 Å². The van der Waals surface area contributed by atoms with E-state index in [4.69, 9.17) is 0 Å². The van der Waals surface area contributed by atoms with Crippen molar-refractivity contribution in [1.82, 2.24) is 0 Å². The Balaban J connectivity index is 2.37. The molecule has 0 aromatic heterocycles. The molecule has 1 aliphatic heterocycles. The summed E-state index contributed by atoms with van der Waals surface area (Å²) in [4.78, 5) is 33.9. The van der Waals surface area contributed by atoms with E-state index in [9.17, 15) is 19.5 Å². The molecule has 0 aromatic carbocycles. The van der Waals surface area contributed by atoms with E-state index in [-0.39, 0.29) is 12.8 Å². The van der Waals surface area contributed by atoms with Crippen LogP contribution in [0.4, 0.5) is 0 Å². The van der Waals surface area contributed by atoms with Gasteiger partial charge in [-0.1, -0.05) is 41.0 Å². The Hall–Kier alpha value is -2.27. The van der Waals surface area contributed by atoms with Gasteiger partial charge in [0, 0.05) is 0 Å². The third-order valence-electron chi connectivity index (χ3n) is 5.19. The van der Waals surface area contributed by atoms with Gasteiger partial charge >= 0.3 is 11.9 Å². The Bertz CT molecular complexity index is 720. The number of aliphatic hydroxyl groups is 1. The Kier molecular flexibility index (Phi) is 11.9. The van der Waals surface area contributed by atoms with Gasteiger partial charge in [-0.25, -0.2) is 0 Å². The average Bonchev–Trinajstić information content (AvgIpc) is 3.02. The van der Waals surface area contributed by atoms with Crippen LogP contribution in [0.2, 0.25) is 0 Å². The Morgan fingerprint density at radius 2 is 1.53 bits per heavy atom. The van der Waals surface area contributed by atoms with Gasteiger partial charge in [-0.3, -0.25) is 14.4 Å². The van der Waals surface area contributed by atoms with Crippen molar-refractivity contribution in [2.45, 2.75) is 85.2 Å². The van der Waals surface area contributed by atoms with Gasteiger partial charge in [0.2, 0.25) is 0 Å². The lowest BCUT2D eigenvalue weighted by Gasteiger charge is -2.11. The van der Waals surface area contributed by atoms with E-state index in [0.29, 0.717) is 12.0 Å². The van der Waals surface area contributed by atoms with Crippen molar-refractivity contribution in [3.63, 3.8) is 0 Å². The van der Waals surface area contributed by atoms with E-state index in [2.05, 4.69) is 50.7 Å². The summed E-state index contributed by atoms with van der Waals surface area (Å²) in [7, 11) is 0. The lowest BCUT2D eigenvalue weighted by Crippen LogP contribution is -2.23. The van der Waals surface area contributed by atoms with Gasteiger partial charge in [-0.15, -0.1) is 0 Å². The van der Waals surface area contributed by atoms with Crippen molar-refractivity contribution in [2.24, 2.45) is 5.92 Å². The third-order valence-corrected chi connectivity index (χ3v) is 5.19.